The van der Waals surface area contributed by atoms with Crippen molar-refractivity contribution in [3.63, 3.8) is 0 Å². The first-order valence-electron chi connectivity index (χ1n) is 7.63. The lowest BCUT2D eigenvalue weighted by Gasteiger charge is -2.23. The van der Waals surface area contributed by atoms with Crippen LogP contribution >= 0.6 is 0 Å². The summed E-state index contributed by atoms with van der Waals surface area (Å²) in [6.45, 7) is 8.56. The first-order valence-corrected chi connectivity index (χ1v) is 7.63. The predicted molar refractivity (Wildman–Crippen MR) is 81.0 cm³/mol. The molecule has 0 radical (unpaired) electrons. The highest BCUT2D eigenvalue weighted by molar-refractivity contribution is 5.37. The molecule has 1 aromatic carbocycles. The van der Waals surface area contributed by atoms with E-state index in [2.05, 4.69) is 44.3 Å². The molecule has 1 heterocycles. The Morgan fingerprint density at radius 1 is 1.32 bits per heavy atom. The lowest BCUT2D eigenvalue weighted by molar-refractivity contribution is 0.266. The van der Waals surface area contributed by atoms with Crippen LogP contribution in [0.15, 0.2) is 18.2 Å². The maximum atomic E-state index is 5.99. The van der Waals surface area contributed by atoms with Crippen LogP contribution in [0.2, 0.25) is 0 Å². The van der Waals surface area contributed by atoms with Crippen molar-refractivity contribution in [3.05, 3.63) is 29.3 Å². The van der Waals surface area contributed by atoms with E-state index in [0.717, 1.165) is 18.8 Å². The second kappa shape index (κ2) is 6.95. The number of ether oxygens (including phenoxy) is 1. The van der Waals surface area contributed by atoms with Crippen LogP contribution in [0.1, 0.15) is 56.6 Å². The van der Waals surface area contributed by atoms with Crippen LogP contribution in [0.5, 0.6) is 5.75 Å². The van der Waals surface area contributed by atoms with Crippen molar-refractivity contribution in [2.24, 2.45) is 0 Å². The molecule has 0 bridgehead atoms. The van der Waals surface area contributed by atoms with Gasteiger partial charge in [0.1, 0.15) is 5.75 Å². The second-order valence-electron chi connectivity index (χ2n) is 5.96. The molecular formula is C17H27NO. The molecule has 1 saturated heterocycles. The molecule has 0 spiro atoms. The average molecular weight is 261 g/mol. The highest BCUT2D eigenvalue weighted by Gasteiger charge is 2.12. The first-order chi connectivity index (χ1) is 9.16. The van der Waals surface area contributed by atoms with Crippen LogP contribution in [0.3, 0.4) is 0 Å². The molecule has 0 aliphatic carbocycles. The molecule has 0 unspecified atom stereocenters. The Morgan fingerprint density at radius 3 is 2.84 bits per heavy atom. The van der Waals surface area contributed by atoms with E-state index < -0.39 is 0 Å². The lowest BCUT2D eigenvalue weighted by Crippen LogP contribution is -2.35. The zero-order valence-electron chi connectivity index (χ0n) is 12.5. The lowest BCUT2D eigenvalue weighted by atomic mass is 10.0. The fourth-order valence-corrected chi connectivity index (χ4v) is 2.61. The van der Waals surface area contributed by atoms with Gasteiger partial charge in [-0.3, -0.25) is 0 Å². The Bertz CT molecular complexity index is 394. The van der Waals surface area contributed by atoms with Crippen LogP contribution in [0, 0.1) is 6.92 Å². The highest BCUT2D eigenvalue weighted by atomic mass is 16.5. The van der Waals surface area contributed by atoms with E-state index >= 15 is 0 Å². The summed E-state index contributed by atoms with van der Waals surface area (Å²) < 4.78 is 5.99. The number of hydrogen-bond donors (Lipinski definition) is 1. The van der Waals surface area contributed by atoms with Crippen molar-refractivity contribution in [2.75, 3.05) is 13.2 Å². The van der Waals surface area contributed by atoms with Gasteiger partial charge in [-0.1, -0.05) is 32.4 Å². The zero-order valence-corrected chi connectivity index (χ0v) is 12.5. The number of nitrogens with one attached hydrogen (secondary N) is 1. The Morgan fingerprint density at radius 2 is 2.16 bits per heavy atom. The summed E-state index contributed by atoms with van der Waals surface area (Å²) >= 11 is 0. The molecule has 0 aromatic heterocycles. The number of hydrogen-bond acceptors (Lipinski definition) is 2. The molecule has 2 rings (SSSR count). The first kappa shape index (κ1) is 14.4. The Kier molecular flexibility index (Phi) is 5.26. The minimum atomic E-state index is 0.558. The number of aryl methyl sites for hydroxylation is 1. The molecule has 1 N–H and O–H groups in total. The zero-order chi connectivity index (χ0) is 13.7. The van der Waals surface area contributed by atoms with Gasteiger partial charge in [0.2, 0.25) is 0 Å². The van der Waals surface area contributed by atoms with E-state index in [-0.39, 0.29) is 0 Å². The van der Waals surface area contributed by atoms with E-state index in [1.54, 1.807) is 0 Å². The third-order valence-electron chi connectivity index (χ3n) is 4.02. The van der Waals surface area contributed by atoms with Crippen molar-refractivity contribution >= 4 is 0 Å². The van der Waals surface area contributed by atoms with Gasteiger partial charge in [0.15, 0.2) is 0 Å². The van der Waals surface area contributed by atoms with Crippen LogP contribution < -0.4 is 10.1 Å². The molecule has 1 fully saturated rings. The van der Waals surface area contributed by atoms with E-state index in [1.165, 1.54) is 36.9 Å². The number of piperidine rings is 1. The van der Waals surface area contributed by atoms with Gasteiger partial charge in [-0.15, -0.1) is 0 Å². The van der Waals surface area contributed by atoms with Gasteiger partial charge in [-0.2, -0.15) is 0 Å². The van der Waals surface area contributed by atoms with Gasteiger partial charge in [0.05, 0.1) is 6.61 Å². The maximum Gasteiger partial charge on any atom is 0.122 e. The third kappa shape index (κ3) is 4.24. The normalized spacial score (nSPS) is 19.7. The smallest absolute Gasteiger partial charge is 0.122 e. The SMILES string of the molecule is Cc1ccc(C(C)C)cc1OCC[C@@H]1CCCCN1. The van der Waals surface area contributed by atoms with Gasteiger partial charge in [-0.05, 0) is 55.8 Å². The summed E-state index contributed by atoms with van der Waals surface area (Å²) in [4.78, 5) is 0. The summed E-state index contributed by atoms with van der Waals surface area (Å²) in [7, 11) is 0. The van der Waals surface area contributed by atoms with Crippen LogP contribution in [-0.2, 0) is 0 Å². The molecule has 2 heteroatoms. The Labute approximate surface area is 117 Å². The van der Waals surface area contributed by atoms with Gasteiger partial charge < -0.3 is 10.1 Å². The summed E-state index contributed by atoms with van der Waals surface area (Å²) in [6.07, 6.45) is 5.10. The molecule has 1 atom stereocenters. The van der Waals surface area contributed by atoms with Crippen LogP contribution in [0.25, 0.3) is 0 Å². The summed E-state index contributed by atoms with van der Waals surface area (Å²) in [6, 6.07) is 7.23. The number of rotatable bonds is 5. The van der Waals surface area contributed by atoms with Gasteiger partial charge in [0, 0.05) is 6.04 Å². The topological polar surface area (TPSA) is 21.3 Å². The highest BCUT2D eigenvalue weighted by Crippen LogP contribution is 2.24. The molecule has 1 aliphatic rings. The summed E-state index contributed by atoms with van der Waals surface area (Å²) in [5.41, 5.74) is 2.59. The van der Waals surface area contributed by atoms with Gasteiger partial charge in [-0.25, -0.2) is 0 Å². The monoisotopic (exact) mass is 261 g/mol. The average Bonchev–Trinajstić information content (AvgIpc) is 2.42. The predicted octanol–water partition coefficient (Wildman–Crippen LogP) is 4.03. The largest absolute Gasteiger partial charge is 0.493 e. The van der Waals surface area contributed by atoms with Crippen molar-refractivity contribution in [1.29, 1.82) is 0 Å². The Hall–Kier alpha value is -1.02. The van der Waals surface area contributed by atoms with Crippen molar-refractivity contribution in [2.45, 2.75) is 58.4 Å². The fourth-order valence-electron chi connectivity index (χ4n) is 2.61. The van der Waals surface area contributed by atoms with E-state index in [9.17, 15) is 0 Å². The third-order valence-corrected chi connectivity index (χ3v) is 4.02. The van der Waals surface area contributed by atoms with Crippen molar-refractivity contribution < 1.29 is 4.74 Å². The molecule has 19 heavy (non-hydrogen) atoms. The van der Waals surface area contributed by atoms with E-state index in [1.807, 2.05) is 0 Å². The summed E-state index contributed by atoms with van der Waals surface area (Å²) in [5.74, 6) is 1.62. The molecule has 0 amide bonds. The quantitative estimate of drug-likeness (QED) is 0.864. The maximum absolute atomic E-state index is 5.99. The minimum absolute atomic E-state index is 0.558. The Balaban J connectivity index is 1.86. The minimum Gasteiger partial charge on any atom is -0.493 e. The molecule has 106 valence electrons. The van der Waals surface area contributed by atoms with Crippen LogP contribution in [-0.4, -0.2) is 19.2 Å². The fraction of sp³-hybridized carbons (Fsp3) is 0.647. The van der Waals surface area contributed by atoms with E-state index in [0.29, 0.717) is 12.0 Å². The standard InChI is InChI=1S/C17H27NO/c1-13(2)15-8-7-14(3)17(12-15)19-11-9-16-6-4-5-10-18-16/h7-8,12-13,16,18H,4-6,9-11H2,1-3H3/t16-/m0/s1. The second-order valence-corrected chi connectivity index (χ2v) is 5.96. The molecule has 1 aliphatic heterocycles. The molecule has 0 saturated carbocycles. The van der Waals surface area contributed by atoms with E-state index in [4.69, 9.17) is 4.74 Å². The molecule has 2 nitrogen and oxygen atoms in total. The van der Waals surface area contributed by atoms with Gasteiger partial charge in [0.25, 0.3) is 0 Å². The van der Waals surface area contributed by atoms with Crippen molar-refractivity contribution in [1.82, 2.24) is 5.32 Å². The molecule has 1 aromatic rings. The van der Waals surface area contributed by atoms with Crippen LogP contribution in [0.4, 0.5) is 0 Å². The molecular weight excluding hydrogens is 234 g/mol. The number of benzene rings is 1. The van der Waals surface area contributed by atoms with Crippen molar-refractivity contribution in [3.8, 4) is 5.75 Å². The summed E-state index contributed by atoms with van der Waals surface area (Å²) in [5, 5.41) is 3.57. The van der Waals surface area contributed by atoms with Gasteiger partial charge >= 0.3 is 0 Å².